The molecule has 6 nitrogen and oxygen atoms in total. The van der Waals surface area contributed by atoms with Crippen LogP contribution in [0.5, 0.6) is 5.75 Å². The normalized spacial score (nSPS) is 12.1. The number of phenolic OH excluding ortho intramolecular Hbond substituents is 1. The van der Waals surface area contributed by atoms with Gasteiger partial charge in [-0.1, -0.05) is 24.3 Å². The summed E-state index contributed by atoms with van der Waals surface area (Å²) in [5.41, 5.74) is 0. The number of hydrogen-bond acceptors (Lipinski definition) is 5. The van der Waals surface area contributed by atoms with Crippen molar-refractivity contribution < 1.29 is 23.7 Å². The summed E-state index contributed by atoms with van der Waals surface area (Å²) in [5, 5.41) is 28.7. The first-order valence-electron chi connectivity index (χ1n) is 6.45. The number of aromatic hydroxyl groups is 1. The van der Waals surface area contributed by atoms with Crippen LogP contribution in [0.25, 0.3) is 10.8 Å². The van der Waals surface area contributed by atoms with Gasteiger partial charge < -0.3 is 15.3 Å². The number of hydrogen-bond donors (Lipinski definition) is 3. The number of nitrogens with zero attached hydrogens (tertiary/aromatic N) is 1. The topological polar surface area (TPSA) is 98.1 Å². The molecule has 3 N–H and O–H groups in total. The van der Waals surface area contributed by atoms with E-state index in [-0.39, 0.29) is 36.9 Å². The second-order valence-corrected chi connectivity index (χ2v) is 6.39. The van der Waals surface area contributed by atoms with Crippen molar-refractivity contribution in [3.05, 3.63) is 36.4 Å². The molecular weight excluding hydrogens is 294 g/mol. The summed E-state index contributed by atoms with van der Waals surface area (Å²) in [6, 6.07) is 9.28. The Morgan fingerprint density at radius 2 is 1.48 bits per heavy atom. The van der Waals surface area contributed by atoms with Crippen molar-refractivity contribution in [1.29, 1.82) is 0 Å². The molecule has 0 saturated heterocycles. The third kappa shape index (κ3) is 3.01. The van der Waals surface area contributed by atoms with Gasteiger partial charge in [0.05, 0.1) is 18.1 Å². The molecule has 114 valence electrons. The van der Waals surface area contributed by atoms with E-state index in [9.17, 15) is 13.5 Å². The van der Waals surface area contributed by atoms with Crippen LogP contribution in [0.15, 0.2) is 41.3 Å². The maximum Gasteiger partial charge on any atom is 0.243 e. The number of aliphatic hydroxyl groups is 2. The maximum absolute atomic E-state index is 12.7. The van der Waals surface area contributed by atoms with Crippen LogP contribution in [-0.2, 0) is 10.0 Å². The number of aliphatic hydroxyl groups excluding tert-OH is 2. The average Bonchev–Trinajstić information content (AvgIpc) is 2.47. The number of rotatable bonds is 6. The highest BCUT2D eigenvalue weighted by Crippen LogP contribution is 2.31. The van der Waals surface area contributed by atoms with Crippen LogP contribution in [0.3, 0.4) is 0 Å². The Kier molecular flexibility index (Phi) is 4.79. The highest BCUT2D eigenvalue weighted by atomic mass is 32.2. The van der Waals surface area contributed by atoms with E-state index in [0.29, 0.717) is 10.8 Å². The molecule has 0 bridgehead atoms. The van der Waals surface area contributed by atoms with Crippen LogP contribution in [0.1, 0.15) is 0 Å². The van der Waals surface area contributed by atoms with E-state index < -0.39 is 10.0 Å². The van der Waals surface area contributed by atoms with E-state index in [1.807, 2.05) is 0 Å². The van der Waals surface area contributed by atoms with Crippen molar-refractivity contribution in [2.45, 2.75) is 4.90 Å². The van der Waals surface area contributed by atoms with Crippen molar-refractivity contribution in [3.8, 4) is 5.75 Å². The predicted molar refractivity (Wildman–Crippen MR) is 78.5 cm³/mol. The molecule has 0 amide bonds. The van der Waals surface area contributed by atoms with Crippen molar-refractivity contribution in [2.24, 2.45) is 0 Å². The lowest BCUT2D eigenvalue weighted by atomic mass is 10.1. The Bertz CT molecular complexity index is 723. The fraction of sp³-hybridized carbons (Fsp3) is 0.286. The summed E-state index contributed by atoms with van der Waals surface area (Å²) in [5.74, 6) is 0.000386. The van der Waals surface area contributed by atoms with Crippen LogP contribution < -0.4 is 0 Å². The van der Waals surface area contributed by atoms with E-state index in [4.69, 9.17) is 10.2 Å². The minimum Gasteiger partial charge on any atom is -0.507 e. The number of fused-ring (bicyclic) bond motifs is 1. The minimum absolute atomic E-state index is 0.000386. The zero-order valence-electron chi connectivity index (χ0n) is 11.3. The molecule has 2 aromatic rings. The standard InChI is InChI=1S/C14H17NO5S/c16-9-7-15(8-10-17)21(19,20)14-6-5-13(18)11-3-1-2-4-12(11)14/h1-6,16-18H,7-10H2. The molecule has 7 heteroatoms. The molecule has 21 heavy (non-hydrogen) atoms. The largest absolute Gasteiger partial charge is 0.507 e. The molecule has 0 radical (unpaired) electrons. The summed E-state index contributed by atoms with van der Waals surface area (Å²) in [6.45, 7) is -0.874. The third-order valence-electron chi connectivity index (χ3n) is 3.18. The van der Waals surface area contributed by atoms with E-state index >= 15 is 0 Å². The van der Waals surface area contributed by atoms with Gasteiger partial charge in [0.2, 0.25) is 10.0 Å². The monoisotopic (exact) mass is 311 g/mol. The van der Waals surface area contributed by atoms with Gasteiger partial charge in [-0.05, 0) is 12.1 Å². The van der Waals surface area contributed by atoms with Crippen molar-refractivity contribution >= 4 is 20.8 Å². The first-order chi connectivity index (χ1) is 10.0. The van der Waals surface area contributed by atoms with Gasteiger partial charge in [0.25, 0.3) is 0 Å². The van der Waals surface area contributed by atoms with E-state index in [2.05, 4.69) is 0 Å². The average molecular weight is 311 g/mol. The lowest BCUT2D eigenvalue weighted by molar-refractivity contribution is 0.217. The van der Waals surface area contributed by atoms with Crippen LogP contribution in [-0.4, -0.2) is 54.3 Å². The van der Waals surface area contributed by atoms with Crippen molar-refractivity contribution in [1.82, 2.24) is 4.31 Å². The van der Waals surface area contributed by atoms with Gasteiger partial charge in [-0.15, -0.1) is 0 Å². The first kappa shape index (κ1) is 15.7. The van der Waals surface area contributed by atoms with Gasteiger partial charge in [-0.2, -0.15) is 4.31 Å². The molecule has 0 heterocycles. The zero-order chi connectivity index (χ0) is 15.5. The second-order valence-electron chi connectivity index (χ2n) is 4.48. The van der Waals surface area contributed by atoms with Gasteiger partial charge in [0.15, 0.2) is 0 Å². The van der Waals surface area contributed by atoms with Gasteiger partial charge in [0, 0.05) is 23.9 Å². The highest BCUT2D eigenvalue weighted by molar-refractivity contribution is 7.89. The van der Waals surface area contributed by atoms with Gasteiger partial charge >= 0.3 is 0 Å². The summed E-state index contributed by atoms with van der Waals surface area (Å²) in [4.78, 5) is 0.0396. The Balaban J connectivity index is 2.62. The van der Waals surface area contributed by atoms with E-state index in [1.54, 1.807) is 24.3 Å². The fourth-order valence-electron chi connectivity index (χ4n) is 2.19. The maximum atomic E-state index is 12.7. The fourth-order valence-corrected chi connectivity index (χ4v) is 3.81. The summed E-state index contributed by atoms with van der Waals surface area (Å²) < 4.78 is 26.3. The Hall–Kier alpha value is -1.67. The molecule has 0 saturated carbocycles. The van der Waals surface area contributed by atoms with E-state index in [0.717, 1.165) is 4.31 Å². The lowest BCUT2D eigenvalue weighted by Crippen LogP contribution is -2.35. The van der Waals surface area contributed by atoms with Crippen LogP contribution >= 0.6 is 0 Å². The molecule has 0 unspecified atom stereocenters. The predicted octanol–water partition coefficient (Wildman–Crippen LogP) is 0.521. The van der Waals surface area contributed by atoms with Crippen LogP contribution in [0, 0.1) is 0 Å². The Morgan fingerprint density at radius 3 is 2.05 bits per heavy atom. The SMILES string of the molecule is O=S(=O)(c1ccc(O)c2ccccc12)N(CCO)CCO. The summed E-state index contributed by atoms with van der Waals surface area (Å²) in [7, 11) is -3.87. The number of benzene rings is 2. The quantitative estimate of drug-likeness (QED) is 0.722. The molecule has 0 spiro atoms. The van der Waals surface area contributed by atoms with Gasteiger partial charge in [0.1, 0.15) is 5.75 Å². The second kappa shape index (κ2) is 6.40. The Morgan fingerprint density at radius 1 is 0.905 bits per heavy atom. The number of phenols is 1. The molecule has 0 aromatic heterocycles. The molecule has 2 rings (SSSR count). The molecule has 0 aliphatic carbocycles. The van der Waals surface area contributed by atoms with Crippen molar-refractivity contribution in [3.63, 3.8) is 0 Å². The lowest BCUT2D eigenvalue weighted by Gasteiger charge is -2.21. The van der Waals surface area contributed by atoms with Gasteiger partial charge in [-0.25, -0.2) is 8.42 Å². The molecule has 0 aliphatic heterocycles. The smallest absolute Gasteiger partial charge is 0.243 e. The molecular formula is C14H17NO5S. The highest BCUT2D eigenvalue weighted by Gasteiger charge is 2.26. The van der Waals surface area contributed by atoms with Crippen LogP contribution in [0.2, 0.25) is 0 Å². The molecule has 0 atom stereocenters. The molecule has 0 aliphatic rings. The third-order valence-corrected chi connectivity index (χ3v) is 5.13. The minimum atomic E-state index is -3.87. The first-order valence-corrected chi connectivity index (χ1v) is 7.89. The van der Waals surface area contributed by atoms with Crippen LogP contribution in [0.4, 0.5) is 0 Å². The Labute approximate surface area is 122 Å². The molecule has 0 fully saturated rings. The summed E-state index contributed by atoms with van der Waals surface area (Å²) >= 11 is 0. The molecule has 2 aromatic carbocycles. The summed E-state index contributed by atoms with van der Waals surface area (Å²) in [6.07, 6.45) is 0. The van der Waals surface area contributed by atoms with E-state index in [1.165, 1.54) is 12.1 Å². The number of sulfonamides is 1. The zero-order valence-corrected chi connectivity index (χ0v) is 12.1. The van der Waals surface area contributed by atoms with Crippen molar-refractivity contribution in [2.75, 3.05) is 26.3 Å². The van der Waals surface area contributed by atoms with Gasteiger partial charge in [-0.3, -0.25) is 0 Å².